The summed E-state index contributed by atoms with van der Waals surface area (Å²) >= 11 is 3.87. The van der Waals surface area contributed by atoms with E-state index in [0.717, 1.165) is 0 Å². The molecule has 0 spiro atoms. The van der Waals surface area contributed by atoms with Crippen LogP contribution in [-0.2, 0) is 0 Å². The summed E-state index contributed by atoms with van der Waals surface area (Å²) in [4.78, 5) is 10.0. The zero-order chi connectivity index (χ0) is 9.14. The Balaban J connectivity index is 0. The Morgan fingerprint density at radius 2 is 2.23 bits per heavy atom. The Hall–Kier alpha value is -0.540. The number of nitro benzene ring substituents is 1. The molecule has 4 nitrogen and oxygen atoms in total. The number of rotatable bonds is 1. The van der Waals surface area contributed by atoms with Gasteiger partial charge in [0.2, 0.25) is 0 Å². The van der Waals surface area contributed by atoms with Gasteiger partial charge in [-0.2, -0.15) is 5.26 Å². The first kappa shape index (κ1) is 12.5. The molecule has 0 N–H and O–H groups in total. The Bertz CT molecular complexity index is 380. The maximum atomic E-state index is 10.3. The molecule has 13 heavy (non-hydrogen) atoms. The summed E-state index contributed by atoms with van der Waals surface area (Å²) in [6.45, 7) is 0. The molecule has 1 aromatic rings. The first-order chi connectivity index (χ1) is 5.65. The van der Waals surface area contributed by atoms with Gasteiger partial charge in [0.15, 0.2) is 0 Å². The zero-order valence-electron chi connectivity index (χ0n) is 7.89. The molecule has 0 saturated heterocycles. The number of hydrogen-bond donors (Lipinski definition) is 1. The van der Waals surface area contributed by atoms with Gasteiger partial charge in [-0.3, -0.25) is 10.1 Å². The Labute approximate surface area is 104 Å². The van der Waals surface area contributed by atoms with Crippen LogP contribution < -0.4 is 29.6 Å². The van der Waals surface area contributed by atoms with Gasteiger partial charge in [-0.25, -0.2) is 0 Å². The molecule has 6 heteroatoms. The molecular weight excluding hydrogens is 199 g/mol. The maximum Gasteiger partial charge on any atom is 1.00 e. The predicted octanol–water partition coefficient (Wildman–Crippen LogP) is -1.13. The normalized spacial score (nSPS) is 8.31. The van der Waals surface area contributed by atoms with Crippen molar-refractivity contribution < 1.29 is 35.9 Å². The van der Waals surface area contributed by atoms with Crippen LogP contribution >= 0.6 is 12.6 Å². The second-order valence-electron chi connectivity index (χ2n) is 2.07. The van der Waals surface area contributed by atoms with E-state index in [1.165, 1.54) is 18.2 Å². The van der Waals surface area contributed by atoms with E-state index in [1.807, 2.05) is 6.07 Å². The summed E-state index contributed by atoms with van der Waals surface area (Å²) in [5.74, 6) is 0. The number of nitriles is 1. The molecule has 0 unspecified atom stereocenters. The number of nitrogens with zero attached hydrogens (tertiary/aromatic N) is 2. The molecule has 0 saturated carbocycles. The summed E-state index contributed by atoms with van der Waals surface area (Å²) in [5, 5.41) is 18.8. The summed E-state index contributed by atoms with van der Waals surface area (Å²) in [6.07, 6.45) is 0. The SMILES string of the molecule is N#Cc1ccc(S)c([N+](=O)[O-])c1.[H-].[Na+]. The maximum absolute atomic E-state index is 10.3. The van der Waals surface area contributed by atoms with Crippen molar-refractivity contribution in [1.82, 2.24) is 0 Å². The van der Waals surface area contributed by atoms with E-state index in [9.17, 15) is 10.1 Å². The molecule has 0 fully saturated rings. The van der Waals surface area contributed by atoms with E-state index in [-0.39, 0.29) is 47.1 Å². The van der Waals surface area contributed by atoms with Gasteiger partial charge in [0.25, 0.3) is 5.69 Å². The average Bonchev–Trinajstić information content (AvgIpc) is 2.05. The van der Waals surface area contributed by atoms with E-state index >= 15 is 0 Å². The first-order valence-corrected chi connectivity index (χ1v) is 3.47. The topological polar surface area (TPSA) is 66.9 Å². The first-order valence-electron chi connectivity index (χ1n) is 3.02. The van der Waals surface area contributed by atoms with Crippen LogP contribution in [0, 0.1) is 21.4 Å². The number of thiol groups is 1. The van der Waals surface area contributed by atoms with E-state index in [1.54, 1.807) is 0 Å². The van der Waals surface area contributed by atoms with Crippen LogP contribution in [0.25, 0.3) is 0 Å². The second kappa shape index (κ2) is 5.25. The van der Waals surface area contributed by atoms with Crippen molar-refractivity contribution in [2.24, 2.45) is 0 Å². The van der Waals surface area contributed by atoms with Gasteiger partial charge in [-0.05, 0) is 12.1 Å². The van der Waals surface area contributed by atoms with Gasteiger partial charge < -0.3 is 1.43 Å². The summed E-state index contributed by atoms with van der Waals surface area (Å²) in [6, 6.07) is 5.92. The molecule has 0 radical (unpaired) electrons. The van der Waals surface area contributed by atoms with Crippen LogP contribution in [0.15, 0.2) is 23.1 Å². The zero-order valence-corrected chi connectivity index (χ0v) is 9.78. The van der Waals surface area contributed by atoms with E-state index in [4.69, 9.17) is 5.26 Å². The van der Waals surface area contributed by atoms with Crippen molar-refractivity contribution in [2.45, 2.75) is 4.90 Å². The molecule has 0 aliphatic rings. The fourth-order valence-corrected chi connectivity index (χ4v) is 0.960. The molecule has 0 aliphatic heterocycles. The third-order valence-corrected chi connectivity index (χ3v) is 1.68. The quantitative estimate of drug-likeness (QED) is 0.272. The smallest absolute Gasteiger partial charge is 1.00 e. The molecule has 62 valence electrons. The van der Waals surface area contributed by atoms with E-state index in [2.05, 4.69) is 12.6 Å². The van der Waals surface area contributed by atoms with Crippen LogP contribution in [0.3, 0.4) is 0 Å². The van der Waals surface area contributed by atoms with E-state index < -0.39 is 4.92 Å². The molecule has 1 aromatic carbocycles. The Morgan fingerprint density at radius 3 is 2.69 bits per heavy atom. The summed E-state index contributed by atoms with van der Waals surface area (Å²) < 4.78 is 0. The molecule has 0 aliphatic carbocycles. The van der Waals surface area contributed by atoms with Crippen molar-refractivity contribution in [3.63, 3.8) is 0 Å². The van der Waals surface area contributed by atoms with Crippen molar-refractivity contribution in [3.05, 3.63) is 33.9 Å². The van der Waals surface area contributed by atoms with E-state index in [0.29, 0.717) is 0 Å². The molecule has 0 heterocycles. The molecular formula is C7H5N2NaO2S. The van der Waals surface area contributed by atoms with Gasteiger partial charge in [0.05, 0.1) is 21.5 Å². The van der Waals surface area contributed by atoms with Crippen molar-refractivity contribution in [2.75, 3.05) is 0 Å². The Morgan fingerprint density at radius 1 is 1.62 bits per heavy atom. The number of nitro groups is 1. The van der Waals surface area contributed by atoms with Crippen LogP contribution in [0.2, 0.25) is 0 Å². The van der Waals surface area contributed by atoms with Crippen molar-refractivity contribution in [1.29, 1.82) is 5.26 Å². The van der Waals surface area contributed by atoms with Gasteiger partial charge >= 0.3 is 29.6 Å². The van der Waals surface area contributed by atoms with Crippen molar-refractivity contribution in [3.8, 4) is 6.07 Å². The fourth-order valence-electron chi connectivity index (χ4n) is 0.739. The minimum absolute atomic E-state index is 0. The van der Waals surface area contributed by atoms with Crippen LogP contribution in [0.5, 0.6) is 0 Å². The van der Waals surface area contributed by atoms with Crippen LogP contribution in [0.1, 0.15) is 6.99 Å². The van der Waals surface area contributed by atoms with Crippen molar-refractivity contribution >= 4 is 18.3 Å². The van der Waals surface area contributed by atoms with Crippen LogP contribution in [0.4, 0.5) is 5.69 Å². The molecule has 0 atom stereocenters. The largest absolute Gasteiger partial charge is 1.00 e. The molecule has 1 rings (SSSR count). The predicted molar refractivity (Wildman–Crippen MR) is 46.2 cm³/mol. The third kappa shape index (κ3) is 3.01. The van der Waals surface area contributed by atoms with Gasteiger partial charge in [-0.15, -0.1) is 12.6 Å². The minimum Gasteiger partial charge on any atom is -1.00 e. The van der Waals surface area contributed by atoms with Gasteiger partial charge in [0.1, 0.15) is 0 Å². The number of hydrogen-bond acceptors (Lipinski definition) is 4. The Kier molecular flexibility index (Phi) is 5.03. The third-order valence-electron chi connectivity index (χ3n) is 1.30. The molecule has 0 bridgehead atoms. The summed E-state index contributed by atoms with van der Waals surface area (Å²) in [7, 11) is 0. The minimum atomic E-state index is -0.566. The summed E-state index contributed by atoms with van der Waals surface area (Å²) in [5.41, 5.74) is 0.122. The standard InChI is InChI=1S/C7H4N2O2S.Na.H/c8-4-5-1-2-7(12)6(3-5)9(10)11;;/h1-3,12H;;/q;+1;-1. The fraction of sp³-hybridized carbons (Fsp3) is 0. The van der Waals surface area contributed by atoms with Gasteiger partial charge in [-0.1, -0.05) is 0 Å². The average molecular weight is 204 g/mol. The molecule has 0 aromatic heterocycles. The number of benzene rings is 1. The monoisotopic (exact) mass is 204 g/mol. The molecule has 0 amide bonds. The van der Waals surface area contributed by atoms with Crippen LogP contribution in [-0.4, -0.2) is 4.92 Å². The second-order valence-corrected chi connectivity index (χ2v) is 2.55. The van der Waals surface area contributed by atoms with Gasteiger partial charge in [0, 0.05) is 6.07 Å².